The number of carbonyl (C=O) groups excluding carboxylic acids is 1. The maximum absolute atomic E-state index is 13.1. The molecule has 1 heterocycles. The summed E-state index contributed by atoms with van der Waals surface area (Å²) in [7, 11) is 0. The molecule has 0 aliphatic heterocycles. The minimum atomic E-state index is -0.316. The highest BCUT2D eigenvalue weighted by Crippen LogP contribution is 2.16. The molecule has 26 heavy (non-hydrogen) atoms. The number of carbonyl (C=O) groups is 1. The third-order valence-electron chi connectivity index (χ3n) is 4.38. The van der Waals surface area contributed by atoms with Crippen LogP contribution in [0.25, 0.3) is 10.9 Å². The van der Waals surface area contributed by atoms with E-state index < -0.39 is 0 Å². The summed E-state index contributed by atoms with van der Waals surface area (Å²) in [5, 5.41) is 0.927. The second kappa shape index (κ2) is 7.52. The third-order valence-corrected chi connectivity index (χ3v) is 4.38. The number of aromatic nitrogens is 1. The number of rotatable bonds is 5. The zero-order chi connectivity index (χ0) is 18.7. The highest BCUT2D eigenvalue weighted by atomic mass is 19.1. The molecule has 0 bridgehead atoms. The zero-order valence-electron chi connectivity index (χ0n) is 14.9. The molecule has 2 aromatic carbocycles. The summed E-state index contributed by atoms with van der Waals surface area (Å²) in [5.41, 5.74) is 3.01. The Balaban J connectivity index is 1.91. The maximum Gasteiger partial charge on any atom is 0.253 e. The number of amides is 1. The predicted octanol–water partition coefficient (Wildman–Crippen LogP) is 3.91. The first-order valence-electron chi connectivity index (χ1n) is 8.61. The van der Waals surface area contributed by atoms with Crippen molar-refractivity contribution in [3.05, 3.63) is 81.4 Å². The van der Waals surface area contributed by atoms with E-state index in [9.17, 15) is 14.0 Å². The summed E-state index contributed by atoms with van der Waals surface area (Å²) in [4.78, 5) is 29.3. The molecule has 5 heteroatoms. The third kappa shape index (κ3) is 3.99. The topological polar surface area (TPSA) is 53.2 Å². The zero-order valence-corrected chi connectivity index (χ0v) is 14.9. The molecule has 3 rings (SSSR count). The number of benzene rings is 2. The van der Waals surface area contributed by atoms with Crippen LogP contribution in [0.4, 0.5) is 4.39 Å². The molecule has 4 nitrogen and oxygen atoms in total. The molecular formula is C21H21FN2O2. The van der Waals surface area contributed by atoms with Crippen LogP contribution in [0.5, 0.6) is 0 Å². The van der Waals surface area contributed by atoms with E-state index in [2.05, 4.69) is 4.98 Å². The van der Waals surface area contributed by atoms with Crippen LogP contribution in [-0.2, 0) is 17.9 Å². The lowest BCUT2D eigenvalue weighted by Crippen LogP contribution is -2.31. The van der Waals surface area contributed by atoms with Crippen molar-refractivity contribution in [2.24, 2.45) is 0 Å². The van der Waals surface area contributed by atoms with Crippen LogP contribution in [0, 0.1) is 12.7 Å². The Kier molecular flexibility index (Phi) is 5.16. The normalized spacial score (nSPS) is 10.9. The number of pyridine rings is 1. The molecule has 0 spiro atoms. The van der Waals surface area contributed by atoms with Crippen LogP contribution in [0.2, 0.25) is 0 Å². The van der Waals surface area contributed by atoms with Crippen molar-refractivity contribution in [2.45, 2.75) is 33.4 Å². The smallest absolute Gasteiger partial charge is 0.253 e. The van der Waals surface area contributed by atoms with Crippen molar-refractivity contribution in [3.8, 4) is 0 Å². The fourth-order valence-corrected chi connectivity index (χ4v) is 2.95. The standard InChI is InChI=1S/C21H21FN2O2/c1-3-20(25)24(12-15-5-8-18(22)9-6-15)13-17-11-16-7-4-14(2)10-19(16)23-21(17)26/h4-11H,3,12-13H2,1-2H3,(H,23,26). The first kappa shape index (κ1) is 17.9. The number of aromatic amines is 1. The quantitative estimate of drug-likeness (QED) is 0.757. The molecule has 0 aliphatic carbocycles. The van der Waals surface area contributed by atoms with Gasteiger partial charge in [-0.3, -0.25) is 9.59 Å². The van der Waals surface area contributed by atoms with E-state index in [0.29, 0.717) is 18.5 Å². The van der Waals surface area contributed by atoms with Crippen LogP contribution in [0.3, 0.4) is 0 Å². The van der Waals surface area contributed by atoms with E-state index in [-0.39, 0.29) is 23.8 Å². The summed E-state index contributed by atoms with van der Waals surface area (Å²) in [6, 6.07) is 13.7. The van der Waals surface area contributed by atoms with Crippen molar-refractivity contribution in [3.63, 3.8) is 0 Å². The van der Waals surface area contributed by atoms with Crippen molar-refractivity contribution in [2.75, 3.05) is 0 Å². The molecule has 3 aromatic rings. The number of nitrogens with zero attached hydrogens (tertiary/aromatic N) is 1. The van der Waals surface area contributed by atoms with Gasteiger partial charge in [0.15, 0.2) is 0 Å². The Bertz CT molecular complexity index is 993. The molecule has 0 fully saturated rings. The van der Waals surface area contributed by atoms with Gasteiger partial charge in [0.1, 0.15) is 5.82 Å². The maximum atomic E-state index is 13.1. The van der Waals surface area contributed by atoms with Crippen molar-refractivity contribution in [1.29, 1.82) is 0 Å². The summed E-state index contributed by atoms with van der Waals surface area (Å²) in [6.45, 7) is 4.30. The first-order chi connectivity index (χ1) is 12.5. The van der Waals surface area contributed by atoms with Crippen molar-refractivity contribution in [1.82, 2.24) is 9.88 Å². The van der Waals surface area contributed by atoms with Gasteiger partial charge >= 0.3 is 0 Å². The van der Waals surface area contributed by atoms with Gasteiger partial charge in [-0.2, -0.15) is 0 Å². The second-order valence-corrected chi connectivity index (χ2v) is 6.44. The fourth-order valence-electron chi connectivity index (χ4n) is 2.95. The lowest BCUT2D eigenvalue weighted by Gasteiger charge is -2.22. The van der Waals surface area contributed by atoms with Crippen LogP contribution in [0.15, 0.2) is 53.3 Å². The molecule has 0 radical (unpaired) electrons. The van der Waals surface area contributed by atoms with Crippen LogP contribution in [0.1, 0.15) is 30.0 Å². The fraction of sp³-hybridized carbons (Fsp3) is 0.238. The van der Waals surface area contributed by atoms with E-state index in [4.69, 9.17) is 0 Å². The Morgan fingerprint density at radius 2 is 1.81 bits per heavy atom. The number of fused-ring (bicyclic) bond motifs is 1. The van der Waals surface area contributed by atoms with Crippen LogP contribution in [-0.4, -0.2) is 15.8 Å². The van der Waals surface area contributed by atoms with Gasteiger partial charge < -0.3 is 9.88 Å². The monoisotopic (exact) mass is 352 g/mol. The number of hydrogen-bond acceptors (Lipinski definition) is 2. The average Bonchev–Trinajstić information content (AvgIpc) is 2.63. The van der Waals surface area contributed by atoms with Crippen LogP contribution >= 0.6 is 0 Å². The van der Waals surface area contributed by atoms with Gasteiger partial charge in [-0.05, 0) is 47.7 Å². The van der Waals surface area contributed by atoms with Gasteiger partial charge in [0, 0.05) is 24.0 Å². The van der Waals surface area contributed by atoms with E-state index in [1.165, 1.54) is 12.1 Å². The second-order valence-electron chi connectivity index (χ2n) is 6.44. The van der Waals surface area contributed by atoms with Gasteiger partial charge in [-0.15, -0.1) is 0 Å². The van der Waals surface area contributed by atoms with Crippen molar-refractivity contribution >= 4 is 16.8 Å². The number of aryl methyl sites for hydroxylation is 1. The Labute approximate surface area is 151 Å². The number of H-pyrrole nitrogens is 1. The summed E-state index contributed by atoms with van der Waals surface area (Å²) >= 11 is 0. The van der Waals surface area contributed by atoms with E-state index >= 15 is 0 Å². The summed E-state index contributed by atoms with van der Waals surface area (Å²) in [5.74, 6) is -0.374. The van der Waals surface area contributed by atoms with Crippen molar-refractivity contribution < 1.29 is 9.18 Å². The summed E-state index contributed by atoms with van der Waals surface area (Å²) in [6.07, 6.45) is 0.339. The minimum absolute atomic E-state index is 0.0577. The molecule has 0 atom stereocenters. The van der Waals surface area contributed by atoms with E-state index in [1.807, 2.05) is 31.2 Å². The molecular weight excluding hydrogens is 331 g/mol. The van der Waals surface area contributed by atoms with Gasteiger partial charge in [0.2, 0.25) is 5.91 Å². The SMILES string of the molecule is CCC(=O)N(Cc1ccc(F)cc1)Cc1cc2ccc(C)cc2[nH]c1=O. The molecule has 0 saturated carbocycles. The minimum Gasteiger partial charge on any atom is -0.334 e. The Hall–Kier alpha value is -2.95. The molecule has 1 aromatic heterocycles. The lowest BCUT2D eigenvalue weighted by molar-refractivity contribution is -0.132. The molecule has 1 N–H and O–H groups in total. The average molecular weight is 352 g/mol. The highest BCUT2D eigenvalue weighted by molar-refractivity contribution is 5.80. The van der Waals surface area contributed by atoms with E-state index in [0.717, 1.165) is 22.0 Å². The molecule has 0 aliphatic rings. The van der Waals surface area contributed by atoms with E-state index in [1.54, 1.807) is 24.0 Å². The predicted molar refractivity (Wildman–Crippen MR) is 100 cm³/mol. The number of halogens is 1. The van der Waals surface area contributed by atoms with Gasteiger partial charge in [-0.1, -0.05) is 31.2 Å². The van der Waals surface area contributed by atoms with Gasteiger partial charge in [-0.25, -0.2) is 4.39 Å². The summed E-state index contributed by atoms with van der Waals surface area (Å²) < 4.78 is 13.1. The van der Waals surface area contributed by atoms with Crippen LogP contribution < -0.4 is 5.56 Å². The Morgan fingerprint density at radius 3 is 2.50 bits per heavy atom. The number of hydrogen-bond donors (Lipinski definition) is 1. The Morgan fingerprint density at radius 1 is 1.08 bits per heavy atom. The van der Waals surface area contributed by atoms with Gasteiger partial charge in [0.05, 0.1) is 6.54 Å². The highest BCUT2D eigenvalue weighted by Gasteiger charge is 2.15. The largest absolute Gasteiger partial charge is 0.334 e. The van der Waals surface area contributed by atoms with Gasteiger partial charge in [0.25, 0.3) is 5.56 Å². The molecule has 134 valence electrons. The molecule has 0 saturated heterocycles. The lowest BCUT2D eigenvalue weighted by atomic mass is 10.1. The first-order valence-corrected chi connectivity index (χ1v) is 8.61. The number of nitrogens with one attached hydrogen (secondary N) is 1. The molecule has 0 unspecified atom stereocenters. The molecule has 1 amide bonds.